The van der Waals surface area contributed by atoms with Gasteiger partial charge in [-0.1, -0.05) is 11.6 Å². The van der Waals surface area contributed by atoms with Gasteiger partial charge in [-0.25, -0.2) is 9.07 Å². The number of nitrogens with two attached hydrogens (primary N) is 1. The van der Waals surface area contributed by atoms with E-state index in [2.05, 4.69) is 31.0 Å². The molecule has 1 atom stereocenters. The maximum absolute atomic E-state index is 15.1. The van der Waals surface area contributed by atoms with Gasteiger partial charge in [0.15, 0.2) is 0 Å². The van der Waals surface area contributed by atoms with Gasteiger partial charge in [0, 0.05) is 45.2 Å². The zero-order valence-corrected chi connectivity index (χ0v) is 20.1. The molecule has 1 saturated heterocycles. The van der Waals surface area contributed by atoms with Crippen LogP contribution in [0.4, 0.5) is 10.1 Å². The molecule has 0 aliphatic carbocycles. The summed E-state index contributed by atoms with van der Waals surface area (Å²) in [6.07, 6.45) is 6.00. The molecule has 3 aromatic heterocycles. The molecule has 3 N–H and O–H groups in total. The molecule has 5 aromatic rings. The fraction of sp³-hybridized carbons (Fsp3) is 0.208. The zero-order valence-electron chi connectivity index (χ0n) is 17.7. The number of halogens is 3. The molecule has 7 nitrogen and oxygen atoms in total. The first-order valence-corrected chi connectivity index (χ1v) is 12.0. The maximum Gasteiger partial charge on any atom is 0.272 e. The van der Waals surface area contributed by atoms with Crippen molar-refractivity contribution in [3.63, 3.8) is 0 Å². The lowest BCUT2D eigenvalue weighted by Crippen LogP contribution is -2.18. The summed E-state index contributed by atoms with van der Waals surface area (Å²) >= 11 is 9.90. The van der Waals surface area contributed by atoms with Crippen molar-refractivity contribution in [3.8, 4) is 11.1 Å². The summed E-state index contributed by atoms with van der Waals surface area (Å²) in [4.78, 5) is 20.2. The van der Waals surface area contributed by atoms with E-state index in [1.165, 1.54) is 6.07 Å². The van der Waals surface area contributed by atoms with Gasteiger partial charge in [-0.05, 0) is 65.0 Å². The largest absolute Gasteiger partial charge is 0.394 e. The predicted octanol–water partition coefficient (Wildman–Crippen LogP) is 5.93. The molecule has 1 aliphatic heterocycles. The molecule has 0 bridgehead atoms. The van der Waals surface area contributed by atoms with E-state index in [0.717, 1.165) is 29.1 Å². The van der Waals surface area contributed by atoms with Crippen molar-refractivity contribution >= 4 is 65.9 Å². The van der Waals surface area contributed by atoms with Crippen molar-refractivity contribution < 1.29 is 9.13 Å². The van der Waals surface area contributed by atoms with Gasteiger partial charge in [0.1, 0.15) is 28.3 Å². The number of fused-ring (bicyclic) bond motifs is 4. The smallest absolute Gasteiger partial charge is 0.272 e. The summed E-state index contributed by atoms with van der Waals surface area (Å²) in [5, 5.41) is 6.44. The molecule has 0 amide bonds. The lowest BCUT2D eigenvalue weighted by molar-refractivity contribution is -0.0390. The highest BCUT2D eigenvalue weighted by Gasteiger charge is 2.24. The lowest BCUT2D eigenvalue weighted by Gasteiger charge is -2.22. The molecule has 0 saturated carbocycles. The Morgan fingerprint density at radius 3 is 2.88 bits per heavy atom. The Kier molecular flexibility index (Phi) is 5.09. The van der Waals surface area contributed by atoms with Gasteiger partial charge in [-0.3, -0.25) is 9.78 Å². The van der Waals surface area contributed by atoms with Crippen molar-refractivity contribution in [2.24, 2.45) is 0 Å². The second-order valence-electron chi connectivity index (χ2n) is 8.34. The van der Waals surface area contributed by atoms with Gasteiger partial charge >= 0.3 is 0 Å². The number of nitrogens with one attached hydrogen (secondary N) is 1. The number of ether oxygens (including phenoxy) is 1. The quantitative estimate of drug-likeness (QED) is 0.269. The molecule has 2 aromatic carbocycles. The SMILES string of the molecule is Nc1c(-c2cc(F)c(Cl)c3nn(C4CCCCO4)cc23)c2cc(Br)c3ncccc3c2[nH]c1=O. The number of aromatic amines is 1. The number of nitrogens with zero attached hydrogens (tertiary/aromatic N) is 3. The van der Waals surface area contributed by atoms with Crippen molar-refractivity contribution in [3.05, 3.63) is 62.3 Å². The zero-order chi connectivity index (χ0) is 23.6. The van der Waals surface area contributed by atoms with Gasteiger partial charge in [0.05, 0.1) is 11.0 Å². The summed E-state index contributed by atoms with van der Waals surface area (Å²) in [5.41, 5.74) is 8.22. The van der Waals surface area contributed by atoms with E-state index in [0.29, 0.717) is 45.1 Å². The highest BCUT2D eigenvalue weighted by Crippen LogP contribution is 2.42. The number of hydrogen-bond donors (Lipinski definition) is 2. The minimum Gasteiger partial charge on any atom is -0.394 e. The molecular formula is C24H18BrClFN5O2. The summed E-state index contributed by atoms with van der Waals surface area (Å²) in [7, 11) is 0. The molecule has 6 rings (SSSR count). The summed E-state index contributed by atoms with van der Waals surface area (Å²) in [6.45, 7) is 0.636. The molecule has 34 heavy (non-hydrogen) atoms. The van der Waals surface area contributed by atoms with Crippen LogP contribution in [0.1, 0.15) is 25.5 Å². The average molecular weight is 543 g/mol. The highest BCUT2D eigenvalue weighted by molar-refractivity contribution is 9.10. The van der Waals surface area contributed by atoms with Gasteiger partial charge in [-0.2, -0.15) is 5.10 Å². The van der Waals surface area contributed by atoms with Crippen molar-refractivity contribution in [2.75, 3.05) is 12.3 Å². The molecule has 1 aliphatic rings. The second kappa shape index (κ2) is 8.04. The van der Waals surface area contributed by atoms with E-state index in [1.807, 2.05) is 12.1 Å². The first kappa shape index (κ1) is 21.5. The van der Waals surface area contributed by atoms with Crippen LogP contribution in [-0.2, 0) is 4.74 Å². The van der Waals surface area contributed by atoms with E-state index >= 15 is 4.39 Å². The van der Waals surface area contributed by atoms with Crippen molar-refractivity contribution in [2.45, 2.75) is 25.5 Å². The molecule has 1 fully saturated rings. The third kappa shape index (κ3) is 3.22. The van der Waals surface area contributed by atoms with Crippen molar-refractivity contribution in [1.82, 2.24) is 19.7 Å². The number of benzene rings is 2. The molecule has 0 radical (unpaired) electrons. The second-order valence-corrected chi connectivity index (χ2v) is 9.57. The van der Waals surface area contributed by atoms with Crippen molar-refractivity contribution in [1.29, 1.82) is 0 Å². The van der Waals surface area contributed by atoms with E-state index < -0.39 is 11.4 Å². The Morgan fingerprint density at radius 2 is 2.09 bits per heavy atom. The molecular weight excluding hydrogens is 525 g/mol. The fourth-order valence-corrected chi connectivity index (χ4v) is 5.43. The summed E-state index contributed by atoms with van der Waals surface area (Å²) in [5.74, 6) is -0.645. The number of anilines is 1. The van der Waals surface area contributed by atoms with E-state index in [9.17, 15) is 4.79 Å². The van der Waals surface area contributed by atoms with Crippen LogP contribution in [0.3, 0.4) is 0 Å². The molecule has 1 unspecified atom stereocenters. The topological polar surface area (TPSA) is 98.8 Å². The molecule has 10 heteroatoms. The first-order valence-electron chi connectivity index (χ1n) is 10.8. The molecule has 172 valence electrons. The lowest BCUT2D eigenvalue weighted by atomic mass is 9.95. The Balaban J connectivity index is 1.72. The Bertz CT molecular complexity index is 1680. The normalized spacial score (nSPS) is 16.6. The maximum atomic E-state index is 15.1. The predicted molar refractivity (Wildman–Crippen MR) is 135 cm³/mol. The Morgan fingerprint density at radius 1 is 1.24 bits per heavy atom. The van der Waals surface area contributed by atoms with E-state index in [-0.39, 0.29) is 16.9 Å². The van der Waals surface area contributed by atoms with Crippen LogP contribution in [0.5, 0.6) is 0 Å². The monoisotopic (exact) mass is 541 g/mol. The van der Waals surface area contributed by atoms with E-state index in [4.69, 9.17) is 22.1 Å². The minimum absolute atomic E-state index is 0.0210. The van der Waals surface area contributed by atoms with Crippen LogP contribution < -0.4 is 11.3 Å². The number of hydrogen-bond acceptors (Lipinski definition) is 5. The van der Waals surface area contributed by atoms with Gasteiger partial charge in [-0.15, -0.1) is 0 Å². The van der Waals surface area contributed by atoms with Crippen LogP contribution in [0, 0.1) is 5.82 Å². The van der Waals surface area contributed by atoms with Crippen LogP contribution in [0.15, 0.2) is 45.9 Å². The Hall–Kier alpha value is -3.01. The molecule has 0 spiro atoms. The average Bonchev–Trinajstić information content (AvgIpc) is 3.30. The number of rotatable bonds is 2. The Labute approximate surface area is 205 Å². The minimum atomic E-state index is -0.645. The van der Waals surface area contributed by atoms with E-state index in [1.54, 1.807) is 23.1 Å². The van der Waals surface area contributed by atoms with Gasteiger partial charge in [0.25, 0.3) is 5.56 Å². The number of aromatic nitrogens is 4. The third-order valence-corrected chi connectivity index (χ3v) is 7.26. The fourth-order valence-electron chi connectivity index (χ4n) is 4.69. The number of nitrogen functional groups attached to an aromatic ring is 1. The van der Waals surface area contributed by atoms with Crippen LogP contribution in [0.25, 0.3) is 43.8 Å². The van der Waals surface area contributed by atoms with Crippen LogP contribution >= 0.6 is 27.5 Å². The van der Waals surface area contributed by atoms with Crippen LogP contribution in [0.2, 0.25) is 5.02 Å². The summed E-state index contributed by atoms with van der Waals surface area (Å²) in [6, 6.07) is 6.79. The number of H-pyrrole nitrogens is 1. The highest BCUT2D eigenvalue weighted by atomic mass is 79.9. The van der Waals surface area contributed by atoms with Gasteiger partial charge < -0.3 is 15.5 Å². The number of pyridine rings is 2. The third-order valence-electron chi connectivity index (χ3n) is 6.30. The first-order chi connectivity index (χ1) is 16.4. The standard InChI is InChI=1S/C24H18BrClFN5O2/c25-15-8-13-18(20(28)24(33)30-21(13)11-4-3-6-29-22(11)15)12-9-16(27)19(26)23-14(12)10-32(31-23)17-5-1-2-7-34-17/h3-4,6,8-10,17H,1-2,5,7,28H2,(H,30,33). The van der Waals surface area contributed by atoms with Crippen LogP contribution in [-0.4, -0.2) is 26.4 Å². The van der Waals surface area contributed by atoms with Gasteiger partial charge in [0.2, 0.25) is 0 Å². The molecule has 4 heterocycles. The summed E-state index contributed by atoms with van der Waals surface area (Å²) < 4.78 is 23.3.